The SMILES string of the molecule is CC1c2c(nc(C3CC3)nc2N2CCC2)CN1C(=O)c1ccc(Cl)cc1. The molecule has 2 fully saturated rings. The molecule has 26 heavy (non-hydrogen) atoms. The highest BCUT2D eigenvalue weighted by Crippen LogP contribution is 2.44. The minimum atomic E-state index is -0.0166. The molecular formula is C20H21ClN4O. The highest BCUT2D eigenvalue weighted by atomic mass is 35.5. The van der Waals surface area contributed by atoms with Gasteiger partial charge in [-0.05, 0) is 50.5 Å². The van der Waals surface area contributed by atoms with Crippen molar-refractivity contribution in [2.75, 3.05) is 18.0 Å². The van der Waals surface area contributed by atoms with E-state index in [2.05, 4.69) is 11.8 Å². The molecule has 2 aliphatic heterocycles. The molecule has 134 valence electrons. The summed E-state index contributed by atoms with van der Waals surface area (Å²) in [5, 5.41) is 0.638. The third kappa shape index (κ3) is 2.57. The molecule has 3 aliphatic rings. The van der Waals surface area contributed by atoms with Gasteiger partial charge in [-0.2, -0.15) is 0 Å². The van der Waals surface area contributed by atoms with E-state index < -0.39 is 0 Å². The quantitative estimate of drug-likeness (QED) is 0.823. The molecule has 2 aromatic rings. The van der Waals surface area contributed by atoms with E-state index in [9.17, 15) is 4.79 Å². The van der Waals surface area contributed by atoms with Gasteiger partial charge in [-0.15, -0.1) is 0 Å². The first-order valence-corrected chi connectivity index (χ1v) is 9.72. The van der Waals surface area contributed by atoms with E-state index in [1.165, 1.54) is 19.3 Å². The van der Waals surface area contributed by atoms with Crippen LogP contribution < -0.4 is 4.90 Å². The van der Waals surface area contributed by atoms with E-state index in [0.29, 0.717) is 23.0 Å². The van der Waals surface area contributed by atoms with Crippen LogP contribution in [0.15, 0.2) is 24.3 Å². The normalized spacial score (nSPS) is 21.5. The van der Waals surface area contributed by atoms with E-state index in [0.717, 1.165) is 36.0 Å². The molecule has 5 nitrogen and oxygen atoms in total. The summed E-state index contributed by atoms with van der Waals surface area (Å²) in [5.41, 5.74) is 2.82. The van der Waals surface area contributed by atoms with Crippen molar-refractivity contribution in [1.82, 2.24) is 14.9 Å². The summed E-state index contributed by atoms with van der Waals surface area (Å²) < 4.78 is 0. The van der Waals surface area contributed by atoms with Crippen molar-refractivity contribution >= 4 is 23.3 Å². The number of fused-ring (bicyclic) bond motifs is 1. The standard InChI is InChI=1S/C20H21ClN4O/c1-12-17-16(11-25(12)20(26)14-5-7-15(21)8-6-14)22-18(13-3-4-13)23-19(17)24-9-2-10-24/h5-8,12-13H,2-4,9-11H2,1H3. The average Bonchev–Trinajstić information content (AvgIpc) is 3.38. The van der Waals surface area contributed by atoms with Crippen LogP contribution >= 0.6 is 11.6 Å². The lowest BCUT2D eigenvalue weighted by atomic mass is 10.1. The Morgan fingerprint density at radius 2 is 1.88 bits per heavy atom. The lowest BCUT2D eigenvalue weighted by molar-refractivity contribution is 0.0704. The van der Waals surface area contributed by atoms with Gasteiger partial charge in [0, 0.05) is 35.2 Å². The van der Waals surface area contributed by atoms with Gasteiger partial charge < -0.3 is 9.80 Å². The van der Waals surface area contributed by atoms with Crippen molar-refractivity contribution in [3.8, 4) is 0 Å². The van der Waals surface area contributed by atoms with Crippen LogP contribution in [-0.4, -0.2) is 33.9 Å². The Hall–Kier alpha value is -2.14. The summed E-state index contributed by atoms with van der Waals surface area (Å²) in [5.74, 6) is 2.56. The summed E-state index contributed by atoms with van der Waals surface area (Å²) in [6.45, 7) is 4.74. The average molecular weight is 369 g/mol. The van der Waals surface area contributed by atoms with E-state index >= 15 is 0 Å². The highest BCUT2D eigenvalue weighted by Gasteiger charge is 2.39. The van der Waals surface area contributed by atoms with Gasteiger partial charge in [0.2, 0.25) is 0 Å². The van der Waals surface area contributed by atoms with Crippen molar-refractivity contribution < 1.29 is 4.79 Å². The highest BCUT2D eigenvalue weighted by molar-refractivity contribution is 6.30. The number of halogens is 1. The molecule has 1 aliphatic carbocycles. The van der Waals surface area contributed by atoms with Crippen LogP contribution in [0.5, 0.6) is 0 Å². The third-order valence-electron chi connectivity index (χ3n) is 5.68. The molecule has 0 N–H and O–H groups in total. The van der Waals surface area contributed by atoms with Gasteiger partial charge in [-0.3, -0.25) is 4.79 Å². The smallest absolute Gasteiger partial charge is 0.254 e. The lowest BCUT2D eigenvalue weighted by Gasteiger charge is -2.34. The van der Waals surface area contributed by atoms with Crippen molar-refractivity contribution in [2.24, 2.45) is 0 Å². The molecule has 1 unspecified atom stereocenters. The molecule has 0 radical (unpaired) electrons. The Bertz CT molecular complexity index is 874. The van der Waals surface area contributed by atoms with Gasteiger partial charge in [0.15, 0.2) is 0 Å². The zero-order valence-electron chi connectivity index (χ0n) is 14.8. The second kappa shape index (κ2) is 5.95. The lowest BCUT2D eigenvalue weighted by Crippen LogP contribution is -2.39. The van der Waals surface area contributed by atoms with Crippen molar-refractivity contribution in [1.29, 1.82) is 0 Å². The minimum Gasteiger partial charge on any atom is -0.356 e. The van der Waals surface area contributed by atoms with Gasteiger partial charge in [-0.1, -0.05) is 11.6 Å². The number of hydrogen-bond acceptors (Lipinski definition) is 4. The van der Waals surface area contributed by atoms with Gasteiger partial charge in [0.25, 0.3) is 5.91 Å². The second-order valence-corrected chi connectivity index (χ2v) is 7.93. The van der Waals surface area contributed by atoms with Crippen molar-refractivity contribution in [3.63, 3.8) is 0 Å². The van der Waals surface area contributed by atoms with Crippen LogP contribution in [0, 0.1) is 0 Å². The van der Waals surface area contributed by atoms with E-state index in [4.69, 9.17) is 21.6 Å². The maximum absolute atomic E-state index is 13.1. The zero-order valence-corrected chi connectivity index (χ0v) is 15.5. The van der Waals surface area contributed by atoms with Crippen molar-refractivity contribution in [2.45, 2.75) is 44.7 Å². The minimum absolute atomic E-state index is 0.0166. The number of amides is 1. The predicted octanol–water partition coefficient (Wildman–Crippen LogP) is 3.93. The molecule has 0 bridgehead atoms. The number of nitrogens with zero attached hydrogens (tertiary/aromatic N) is 4. The summed E-state index contributed by atoms with van der Waals surface area (Å²) in [6.07, 6.45) is 3.57. The largest absolute Gasteiger partial charge is 0.356 e. The van der Waals surface area contributed by atoms with Gasteiger partial charge >= 0.3 is 0 Å². The number of benzene rings is 1. The van der Waals surface area contributed by atoms with E-state index in [1.807, 2.05) is 4.90 Å². The van der Waals surface area contributed by atoms with Gasteiger partial charge in [0.1, 0.15) is 11.6 Å². The summed E-state index contributed by atoms with van der Waals surface area (Å²) in [7, 11) is 0. The Morgan fingerprint density at radius 3 is 2.50 bits per heavy atom. The first-order chi connectivity index (χ1) is 12.6. The first-order valence-electron chi connectivity index (χ1n) is 9.34. The molecular weight excluding hydrogens is 348 g/mol. The van der Waals surface area contributed by atoms with Gasteiger partial charge in [0.05, 0.1) is 18.3 Å². The monoisotopic (exact) mass is 368 g/mol. The van der Waals surface area contributed by atoms with Crippen LogP contribution in [0.1, 0.15) is 65.6 Å². The van der Waals surface area contributed by atoms with Crippen LogP contribution in [0.3, 0.4) is 0 Å². The summed E-state index contributed by atoms with van der Waals surface area (Å²) >= 11 is 5.96. The molecule has 1 aromatic carbocycles. The third-order valence-corrected chi connectivity index (χ3v) is 5.93. The second-order valence-electron chi connectivity index (χ2n) is 7.50. The molecule has 1 amide bonds. The van der Waals surface area contributed by atoms with E-state index in [-0.39, 0.29) is 11.9 Å². The predicted molar refractivity (Wildman–Crippen MR) is 101 cm³/mol. The zero-order chi connectivity index (χ0) is 17.8. The Labute approximate surface area is 158 Å². The molecule has 6 heteroatoms. The van der Waals surface area contributed by atoms with Crippen molar-refractivity contribution in [3.05, 3.63) is 51.9 Å². The fourth-order valence-electron chi connectivity index (χ4n) is 3.82. The molecule has 0 spiro atoms. The molecule has 1 saturated carbocycles. The number of carbonyl (C=O) groups excluding carboxylic acids is 1. The van der Waals surface area contributed by atoms with Gasteiger partial charge in [-0.25, -0.2) is 9.97 Å². The maximum atomic E-state index is 13.1. The van der Waals surface area contributed by atoms with Crippen LogP contribution in [-0.2, 0) is 6.54 Å². The molecule has 5 rings (SSSR count). The fourth-order valence-corrected chi connectivity index (χ4v) is 3.95. The number of rotatable bonds is 3. The summed E-state index contributed by atoms with van der Waals surface area (Å²) in [4.78, 5) is 27.1. The van der Waals surface area contributed by atoms with Crippen LogP contribution in [0.25, 0.3) is 0 Å². The topological polar surface area (TPSA) is 49.3 Å². The Balaban J connectivity index is 1.51. The fraction of sp³-hybridized carbons (Fsp3) is 0.450. The number of aromatic nitrogens is 2. The van der Waals surface area contributed by atoms with Crippen LogP contribution in [0.2, 0.25) is 5.02 Å². The molecule has 3 heterocycles. The molecule has 1 aromatic heterocycles. The number of hydrogen-bond donors (Lipinski definition) is 0. The maximum Gasteiger partial charge on any atom is 0.254 e. The first kappa shape index (κ1) is 16.1. The number of carbonyl (C=O) groups is 1. The summed E-state index contributed by atoms with van der Waals surface area (Å²) in [6, 6.07) is 7.09. The Kier molecular flexibility index (Phi) is 3.67. The van der Waals surface area contributed by atoms with E-state index in [1.54, 1.807) is 24.3 Å². The Morgan fingerprint density at radius 1 is 1.15 bits per heavy atom. The molecule has 1 atom stereocenters. The van der Waals surface area contributed by atoms with Crippen LogP contribution in [0.4, 0.5) is 5.82 Å². The number of anilines is 1. The molecule has 1 saturated heterocycles.